The lowest BCUT2D eigenvalue weighted by Gasteiger charge is -2.28. The van der Waals surface area contributed by atoms with Crippen molar-refractivity contribution in [3.05, 3.63) is 35.4 Å². The van der Waals surface area contributed by atoms with Crippen molar-refractivity contribution in [3.63, 3.8) is 0 Å². The quantitative estimate of drug-likeness (QED) is 0.856. The summed E-state index contributed by atoms with van der Waals surface area (Å²) in [6.45, 7) is 6.92. The van der Waals surface area contributed by atoms with E-state index in [1.54, 1.807) is 0 Å². The fourth-order valence-corrected chi connectivity index (χ4v) is 3.67. The summed E-state index contributed by atoms with van der Waals surface area (Å²) in [5.74, 6) is 0.0873. The molecule has 0 unspecified atom stereocenters. The SMILES string of the molecule is Cc1ccc(CN(C)CC(=O)N[C@H]2COC[C@@H]2N2CCCC2)cc1. The Morgan fingerprint density at radius 1 is 1.25 bits per heavy atom. The van der Waals surface area contributed by atoms with E-state index in [4.69, 9.17) is 4.74 Å². The number of hydrogen-bond acceptors (Lipinski definition) is 4. The molecule has 0 bridgehead atoms. The second-order valence-corrected chi connectivity index (χ2v) is 7.18. The van der Waals surface area contributed by atoms with Gasteiger partial charge >= 0.3 is 0 Å². The molecule has 5 nitrogen and oxygen atoms in total. The molecule has 1 amide bonds. The predicted octanol–water partition coefficient (Wildman–Crippen LogP) is 1.41. The summed E-state index contributed by atoms with van der Waals surface area (Å²) in [7, 11) is 1.99. The van der Waals surface area contributed by atoms with Gasteiger partial charge in [-0.05, 0) is 45.5 Å². The Bertz CT molecular complexity index is 540. The maximum atomic E-state index is 12.4. The van der Waals surface area contributed by atoms with Gasteiger partial charge in [-0.1, -0.05) is 29.8 Å². The van der Waals surface area contributed by atoms with Gasteiger partial charge in [0.2, 0.25) is 5.91 Å². The second kappa shape index (κ2) is 8.10. The number of likely N-dealkylation sites (N-methyl/N-ethyl adjacent to an activating group) is 1. The summed E-state index contributed by atoms with van der Waals surface area (Å²) in [5, 5.41) is 3.18. The highest BCUT2D eigenvalue weighted by Crippen LogP contribution is 2.19. The molecule has 24 heavy (non-hydrogen) atoms. The highest BCUT2D eigenvalue weighted by atomic mass is 16.5. The Labute approximate surface area is 145 Å². The molecule has 1 N–H and O–H groups in total. The molecule has 2 aliphatic rings. The highest BCUT2D eigenvalue weighted by Gasteiger charge is 2.35. The molecule has 0 radical (unpaired) electrons. The van der Waals surface area contributed by atoms with Crippen LogP contribution in [0, 0.1) is 6.92 Å². The number of ether oxygens (including phenoxy) is 1. The molecule has 0 aromatic heterocycles. The van der Waals surface area contributed by atoms with Crippen LogP contribution in [0.2, 0.25) is 0 Å². The lowest BCUT2D eigenvalue weighted by Crippen LogP contribution is -2.51. The van der Waals surface area contributed by atoms with Crippen molar-refractivity contribution in [2.75, 3.05) is 39.9 Å². The van der Waals surface area contributed by atoms with Crippen LogP contribution in [0.1, 0.15) is 24.0 Å². The summed E-state index contributed by atoms with van der Waals surface area (Å²) in [6.07, 6.45) is 2.52. The van der Waals surface area contributed by atoms with Crippen LogP contribution < -0.4 is 5.32 Å². The number of amides is 1. The third-order valence-electron chi connectivity index (χ3n) is 4.99. The molecular weight excluding hydrogens is 302 g/mol. The van der Waals surface area contributed by atoms with Crippen LogP contribution in [0.5, 0.6) is 0 Å². The average Bonchev–Trinajstić information content (AvgIpc) is 3.20. The fraction of sp³-hybridized carbons (Fsp3) is 0.632. The molecule has 0 saturated carbocycles. The second-order valence-electron chi connectivity index (χ2n) is 7.18. The Kier molecular flexibility index (Phi) is 5.87. The molecule has 2 fully saturated rings. The number of nitrogens with zero attached hydrogens (tertiary/aromatic N) is 2. The smallest absolute Gasteiger partial charge is 0.234 e. The Hall–Kier alpha value is -1.43. The van der Waals surface area contributed by atoms with Crippen LogP contribution in [-0.4, -0.2) is 67.7 Å². The monoisotopic (exact) mass is 331 g/mol. The van der Waals surface area contributed by atoms with Crippen LogP contribution in [0.3, 0.4) is 0 Å². The fourth-order valence-electron chi connectivity index (χ4n) is 3.67. The van der Waals surface area contributed by atoms with Crippen molar-refractivity contribution in [1.29, 1.82) is 0 Å². The molecule has 2 saturated heterocycles. The lowest BCUT2D eigenvalue weighted by atomic mass is 10.1. The molecule has 132 valence electrons. The van der Waals surface area contributed by atoms with Gasteiger partial charge in [0, 0.05) is 6.54 Å². The van der Waals surface area contributed by atoms with Gasteiger partial charge in [0.15, 0.2) is 0 Å². The lowest BCUT2D eigenvalue weighted by molar-refractivity contribution is -0.123. The van der Waals surface area contributed by atoms with Gasteiger partial charge in [-0.2, -0.15) is 0 Å². The molecule has 2 atom stereocenters. The number of benzene rings is 1. The summed E-state index contributed by atoms with van der Waals surface area (Å²) < 4.78 is 5.62. The van der Waals surface area contributed by atoms with E-state index in [2.05, 4.69) is 46.3 Å². The minimum Gasteiger partial charge on any atom is -0.378 e. The van der Waals surface area contributed by atoms with E-state index < -0.39 is 0 Å². The average molecular weight is 331 g/mol. The van der Waals surface area contributed by atoms with Crippen LogP contribution in [-0.2, 0) is 16.1 Å². The van der Waals surface area contributed by atoms with Crippen molar-refractivity contribution in [2.24, 2.45) is 0 Å². The zero-order valence-electron chi connectivity index (χ0n) is 14.8. The minimum atomic E-state index is 0.0873. The summed E-state index contributed by atoms with van der Waals surface area (Å²) in [4.78, 5) is 16.9. The normalized spacial score (nSPS) is 24.6. The first-order valence-electron chi connectivity index (χ1n) is 8.97. The largest absolute Gasteiger partial charge is 0.378 e. The number of carbonyl (C=O) groups is 1. The molecule has 2 aliphatic heterocycles. The molecule has 0 aliphatic carbocycles. The van der Waals surface area contributed by atoms with E-state index in [0.717, 1.165) is 26.2 Å². The third-order valence-corrected chi connectivity index (χ3v) is 4.99. The van der Waals surface area contributed by atoms with Crippen molar-refractivity contribution in [2.45, 2.75) is 38.4 Å². The highest BCUT2D eigenvalue weighted by molar-refractivity contribution is 5.78. The van der Waals surface area contributed by atoms with E-state index in [1.807, 2.05) is 7.05 Å². The molecular formula is C19H29N3O2. The number of aryl methyl sites for hydroxylation is 1. The first-order valence-corrected chi connectivity index (χ1v) is 8.97. The molecule has 0 spiro atoms. The number of hydrogen-bond donors (Lipinski definition) is 1. The van der Waals surface area contributed by atoms with E-state index in [1.165, 1.54) is 24.0 Å². The maximum absolute atomic E-state index is 12.4. The van der Waals surface area contributed by atoms with Crippen LogP contribution in [0.4, 0.5) is 0 Å². The first-order chi connectivity index (χ1) is 11.6. The van der Waals surface area contributed by atoms with Crippen molar-refractivity contribution in [3.8, 4) is 0 Å². The minimum absolute atomic E-state index is 0.0873. The van der Waals surface area contributed by atoms with E-state index in [9.17, 15) is 4.79 Å². The van der Waals surface area contributed by atoms with Gasteiger partial charge < -0.3 is 10.1 Å². The Morgan fingerprint density at radius 3 is 2.67 bits per heavy atom. The topological polar surface area (TPSA) is 44.8 Å². The molecule has 2 heterocycles. The van der Waals surface area contributed by atoms with Crippen molar-refractivity contribution in [1.82, 2.24) is 15.1 Å². The number of likely N-dealkylation sites (tertiary alicyclic amines) is 1. The summed E-state index contributed by atoms with van der Waals surface area (Å²) in [5.41, 5.74) is 2.49. The van der Waals surface area contributed by atoms with Gasteiger partial charge in [-0.25, -0.2) is 0 Å². The van der Waals surface area contributed by atoms with E-state index in [0.29, 0.717) is 19.2 Å². The zero-order valence-corrected chi connectivity index (χ0v) is 14.8. The standard InChI is InChI=1S/C19H29N3O2/c1-15-5-7-16(8-6-15)11-21(2)12-19(23)20-17-13-24-14-18(17)22-9-3-4-10-22/h5-8,17-18H,3-4,9-14H2,1-2H3,(H,20,23)/t17-,18-/m0/s1. The third kappa shape index (κ3) is 4.56. The van der Waals surface area contributed by atoms with Crippen LogP contribution in [0.25, 0.3) is 0 Å². The van der Waals surface area contributed by atoms with E-state index >= 15 is 0 Å². The van der Waals surface area contributed by atoms with Gasteiger partial charge in [0.25, 0.3) is 0 Å². The molecule has 1 aromatic carbocycles. The van der Waals surface area contributed by atoms with Crippen molar-refractivity contribution < 1.29 is 9.53 Å². The Morgan fingerprint density at radius 2 is 1.96 bits per heavy atom. The van der Waals surface area contributed by atoms with Crippen LogP contribution in [0.15, 0.2) is 24.3 Å². The molecule has 5 heteroatoms. The van der Waals surface area contributed by atoms with Crippen molar-refractivity contribution >= 4 is 5.91 Å². The summed E-state index contributed by atoms with van der Waals surface area (Å²) in [6, 6.07) is 8.94. The Balaban J connectivity index is 1.46. The number of rotatable bonds is 6. The first kappa shape index (κ1) is 17.4. The van der Waals surface area contributed by atoms with E-state index in [-0.39, 0.29) is 11.9 Å². The van der Waals surface area contributed by atoms with Gasteiger partial charge in [-0.3, -0.25) is 14.6 Å². The number of carbonyl (C=O) groups excluding carboxylic acids is 1. The maximum Gasteiger partial charge on any atom is 0.234 e. The summed E-state index contributed by atoms with van der Waals surface area (Å²) >= 11 is 0. The number of nitrogens with one attached hydrogen (secondary N) is 1. The predicted molar refractivity (Wildman–Crippen MR) is 94.9 cm³/mol. The van der Waals surface area contributed by atoms with Gasteiger partial charge in [0.05, 0.1) is 31.8 Å². The molecule has 3 rings (SSSR count). The van der Waals surface area contributed by atoms with Gasteiger partial charge in [0.1, 0.15) is 0 Å². The zero-order chi connectivity index (χ0) is 16.9. The molecule has 1 aromatic rings. The van der Waals surface area contributed by atoms with Gasteiger partial charge in [-0.15, -0.1) is 0 Å². The van der Waals surface area contributed by atoms with Crippen LogP contribution >= 0.6 is 0 Å².